The smallest absolute Gasteiger partial charge is 0.337 e. The van der Waals surface area contributed by atoms with Gasteiger partial charge in [0.2, 0.25) is 0 Å². The molecule has 0 spiro atoms. The van der Waals surface area contributed by atoms with E-state index in [1.165, 1.54) is 13.3 Å². The van der Waals surface area contributed by atoms with Crippen LogP contribution in [0.5, 0.6) is 11.6 Å². The normalized spacial score (nSPS) is 10.2. The zero-order valence-corrected chi connectivity index (χ0v) is 11.9. The Balaban J connectivity index is 2.20. The second-order valence-corrected chi connectivity index (χ2v) is 4.35. The first kappa shape index (κ1) is 14.8. The molecule has 6 heteroatoms. The molecule has 0 amide bonds. The quantitative estimate of drug-likeness (QED) is 0.789. The Morgan fingerprint density at radius 1 is 1.29 bits per heavy atom. The van der Waals surface area contributed by atoms with Gasteiger partial charge in [-0.15, -0.1) is 0 Å². The average Bonchev–Trinajstić information content (AvgIpc) is 2.51. The van der Waals surface area contributed by atoms with Crippen molar-refractivity contribution in [1.29, 1.82) is 0 Å². The van der Waals surface area contributed by atoms with E-state index in [1.807, 2.05) is 6.92 Å². The largest absolute Gasteiger partial charge is 0.465 e. The number of aryl methyl sites for hydroxylation is 1. The first-order chi connectivity index (χ1) is 10.2. The van der Waals surface area contributed by atoms with E-state index in [9.17, 15) is 9.59 Å². The topological polar surface area (TPSA) is 70.4 Å². The highest BCUT2D eigenvalue weighted by Crippen LogP contribution is 2.17. The minimum absolute atomic E-state index is 0.0109. The summed E-state index contributed by atoms with van der Waals surface area (Å²) in [6.45, 7) is 2.60. The van der Waals surface area contributed by atoms with Crippen molar-refractivity contribution in [3.8, 4) is 11.6 Å². The van der Waals surface area contributed by atoms with Crippen LogP contribution in [-0.4, -0.2) is 22.6 Å². The molecule has 0 aliphatic heterocycles. The number of nitrogens with zero attached hydrogens (tertiary/aromatic N) is 2. The molecule has 0 atom stereocenters. The highest BCUT2D eigenvalue weighted by Gasteiger charge is 2.09. The van der Waals surface area contributed by atoms with Crippen molar-refractivity contribution in [1.82, 2.24) is 9.55 Å². The number of carbonyl (C=O) groups is 1. The van der Waals surface area contributed by atoms with Crippen molar-refractivity contribution in [2.24, 2.45) is 0 Å². The Labute approximate surface area is 122 Å². The van der Waals surface area contributed by atoms with E-state index < -0.39 is 5.97 Å². The summed E-state index contributed by atoms with van der Waals surface area (Å²) in [6.07, 6.45) is 3.99. The minimum atomic E-state index is -0.426. The zero-order chi connectivity index (χ0) is 15.2. The molecule has 2 rings (SSSR count). The van der Waals surface area contributed by atoms with Crippen LogP contribution in [-0.2, 0) is 11.3 Å². The summed E-state index contributed by atoms with van der Waals surface area (Å²) < 4.78 is 11.6. The lowest BCUT2D eigenvalue weighted by molar-refractivity contribution is 0.0600. The predicted molar refractivity (Wildman–Crippen MR) is 76.6 cm³/mol. The van der Waals surface area contributed by atoms with Gasteiger partial charge in [-0.1, -0.05) is 6.92 Å². The highest BCUT2D eigenvalue weighted by molar-refractivity contribution is 5.89. The second-order valence-electron chi connectivity index (χ2n) is 4.35. The maximum absolute atomic E-state index is 12.1. The van der Waals surface area contributed by atoms with Crippen molar-refractivity contribution < 1.29 is 14.3 Å². The first-order valence-electron chi connectivity index (χ1n) is 6.57. The van der Waals surface area contributed by atoms with Crippen LogP contribution in [0.1, 0.15) is 23.7 Å². The van der Waals surface area contributed by atoms with E-state index in [-0.39, 0.29) is 11.4 Å². The van der Waals surface area contributed by atoms with Gasteiger partial charge in [-0.25, -0.2) is 9.78 Å². The van der Waals surface area contributed by atoms with Crippen molar-refractivity contribution in [2.45, 2.75) is 19.9 Å². The molecule has 0 bridgehead atoms. The van der Waals surface area contributed by atoms with Gasteiger partial charge >= 0.3 is 11.5 Å². The van der Waals surface area contributed by atoms with Gasteiger partial charge in [0, 0.05) is 18.9 Å². The van der Waals surface area contributed by atoms with E-state index in [0.717, 1.165) is 6.42 Å². The molecule has 1 aromatic heterocycles. The lowest BCUT2D eigenvalue weighted by Crippen LogP contribution is -2.21. The number of ether oxygens (including phenoxy) is 2. The molecule has 2 aromatic rings. The SMILES string of the molecule is CCCn1ccnc(Oc2ccc(C(=O)OC)cc2)c1=O. The predicted octanol–water partition coefficient (Wildman–Crippen LogP) is 2.23. The summed E-state index contributed by atoms with van der Waals surface area (Å²) in [5, 5.41) is 0. The van der Waals surface area contributed by atoms with E-state index in [0.29, 0.717) is 17.9 Å². The number of methoxy groups -OCH3 is 1. The Bertz CT molecular complexity index is 677. The van der Waals surface area contributed by atoms with Gasteiger partial charge in [-0.3, -0.25) is 4.79 Å². The molecule has 110 valence electrons. The molecule has 0 aliphatic rings. The first-order valence-corrected chi connectivity index (χ1v) is 6.57. The number of esters is 1. The molecule has 0 N–H and O–H groups in total. The molecule has 1 aromatic carbocycles. The van der Waals surface area contributed by atoms with Crippen LogP contribution < -0.4 is 10.3 Å². The van der Waals surface area contributed by atoms with Gasteiger partial charge in [0.05, 0.1) is 12.7 Å². The number of carbonyl (C=O) groups excluding carboxylic acids is 1. The highest BCUT2D eigenvalue weighted by atomic mass is 16.5. The number of hydrogen-bond donors (Lipinski definition) is 0. The van der Waals surface area contributed by atoms with Gasteiger partial charge in [0.25, 0.3) is 5.88 Å². The van der Waals surface area contributed by atoms with Crippen LogP contribution in [0.4, 0.5) is 0 Å². The molecule has 0 saturated heterocycles. The molecule has 6 nitrogen and oxygen atoms in total. The molecule has 0 radical (unpaired) electrons. The van der Waals surface area contributed by atoms with Gasteiger partial charge in [0.1, 0.15) is 5.75 Å². The molecule has 0 aliphatic carbocycles. The fraction of sp³-hybridized carbons (Fsp3) is 0.267. The molecule has 21 heavy (non-hydrogen) atoms. The third-order valence-corrected chi connectivity index (χ3v) is 2.84. The third-order valence-electron chi connectivity index (χ3n) is 2.84. The fourth-order valence-corrected chi connectivity index (χ4v) is 1.80. The number of benzene rings is 1. The van der Waals surface area contributed by atoms with Gasteiger partial charge in [-0.05, 0) is 30.7 Å². The van der Waals surface area contributed by atoms with E-state index >= 15 is 0 Å². The van der Waals surface area contributed by atoms with Crippen molar-refractivity contribution in [3.63, 3.8) is 0 Å². The Morgan fingerprint density at radius 3 is 2.62 bits per heavy atom. The standard InChI is InChI=1S/C15H16N2O4/c1-3-9-17-10-8-16-13(14(17)18)21-12-6-4-11(5-7-12)15(19)20-2/h4-8,10H,3,9H2,1-2H3. The van der Waals surface area contributed by atoms with Crippen LogP contribution in [0.25, 0.3) is 0 Å². The summed E-state index contributed by atoms with van der Waals surface area (Å²) in [6, 6.07) is 6.30. The van der Waals surface area contributed by atoms with Gasteiger partial charge in [0.15, 0.2) is 0 Å². The molecule has 0 unspecified atom stereocenters. The Hall–Kier alpha value is -2.63. The summed E-state index contributed by atoms with van der Waals surface area (Å²) in [5.41, 5.74) is 0.130. The second kappa shape index (κ2) is 6.69. The third kappa shape index (κ3) is 3.47. The van der Waals surface area contributed by atoms with Crippen LogP contribution >= 0.6 is 0 Å². The van der Waals surface area contributed by atoms with Crippen molar-refractivity contribution in [3.05, 3.63) is 52.6 Å². The Morgan fingerprint density at radius 2 is 2.00 bits per heavy atom. The number of rotatable bonds is 5. The zero-order valence-electron chi connectivity index (χ0n) is 11.9. The molecular formula is C15H16N2O4. The van der Waals surface area contributed by atoms with E-state index in [2.05, 4.69) is 9.72 Å². The maximum Gasteiger partial charge on any atom is 0.337 e. The number of hydrogen-bond acceptors (Lipinski definition) is 5. The van der Waals surface area contributed by atoms with Crippen LogP contribution in [0, 0.1) is 0 Å². The van der Waals surface area contributed by atoms with E-state index in [4.69, 9.17) is 4.74 Å². The lowest BCUT2D eigenvalue weighted by atomic mass is 10.2. The monoisotopic (exact) mass is 288 g/mol. The maximum atomic E-state index is 12.1. The van der Waals surface area contributed by atoms with Crippen molar-refractivity contribution in [2.75, 3.05) is 7.11 Å². The summed E-state index contributed by atoms with van der Waals surface area (Å²) >= 11 is 0. The summed E-state index contributed by atoms with van der Waals surface area (Å²) in [7, 11) is 1.32. The molecule has 0 saturated carbocycles. The summed E-state index contributed by atoms with van der Waals surface area (Å²) in [4.78, 5) is 27.4. The molecule has 1 heterocycles. The van der Waals surface area contributed by atoms with Crippen LogP contribution in [0.3, 0.4) is 0 Å². The van der Waals surface area contributed by atoms with Crippen LogP contribution in [0.2, 0.25) is 0 Å². The molecule has 0 fully saturated rings. The Kier molecular flexibility index (Phi) is 4.71. The number of aromatic nitrogens is 2. The van der Waals surface area contributed by atoms with Gasteiger partial charge < -0.3 is 14.0 Å². The average molecular weight is 288 g/mol. The fourth-order valence-electron chi connectivity index (χ4n) is 1.80. The lowest BCUT2D eigenvalue weighted by Gasteiger charge is -2.07. The minimum Gasteiger partial charge on any atom is -0.465 e. The van der Waals surface area contributed by atoms with Crippen molar-refractivity contribution >= 4 is 5.97 Å². The van der Waals surface area contributed by atoms with Gasteiger partial charge in [-0.2, -0.15) is 0 Å². The van der Waals surface area contributed by atoms with E-state index in [1.54, 1.807) is 35.0 Å². The van der Waals surface area contributed by atoms with Crippen LogP contribution in [0.15, 0.2) is 41.5 Å². The molecular weight excluding hydrogens is 272 g/mol. The summed E-state index contributed by atoms with van der Waals surface area (Å²) in [5.74, 6) is 0.0166.